The van der Waals surface area contributed by atoms with Crippen molar-refractivity contribution in [1.82, 2.24) is 5.43 Å². The summed E-state index contributed by atoms with van der Waals surface area (Å²) in [5, 5.41) is 15.8. The Morgan fingerprint density at radius 1 is 1.14 bits per heavy atom. The number of nitrogens with zero attached hydrogens (tertiary/aromatic N) is 1. The van der Waals surface area contributed by atoms with Gasteiger partial charge in [0, 0.05) is 4.88 Å². The lowest BCUT2D eigenvalue weighted by molar-refractivity contribution is -0.136. The number of phenolic OH excluding ortho intramolecular Hbond substituents is 1. The Labute approximate surface area is 165 Å². The summed E-state index contributed by atoms with van der Waals surface area (Å²) in [7, 11) is 1.28. The molecule has 0 bridgehead atoms. The van der Waals surface area contributed by atoms with Crippen molar-refractivity contribution in [2.24, 2.45) is 5.10 Å². The first-order valence-corrected chi connectivity index (χ1v) is 9.47. The molecule has 28 heavy (non-hydrogen) atoms. The van der Waals surface area contributed by atoms with E-state index >= 15 is 0 Å². The number of thiophene rings is 1. The van der Waals surface area contributed by atoms with Crippen molar-refractivity contribution < 1.29 is 24.2 Å². The van der Waals surface area contributed by atoms with E-state index in [1.807, 2.05) is 0 Å². The SMILES string of the molecule is COC(=O)c1c(NC(=O)C(=O)N/N=C/c2ccc(O)cc2)sc2c1CCCC2. The summed E-state index contributed by atoms with van der Waals surface area (Å²) in [6.07, 6.45) is 4.91. The molecule has 3 rings (SSSR count). The Hall–Kier alpha value is -3.20. The molecule has 8 nitrogen and oxygen atoms in total. The lowest BCUT2D eigenvalue weighted by atomic mass is 9.95. The normalized spacial score (nSPS) is 13.0. The van der Waals surface area contributed by atoms with Gasteiger partial charge in [-0.2, -0.15) is 5.10 Å². The largest absolute Gasteiger partial charge is 0.508 e. The van der Waals surface area contributed by atoms with Gasteiger partial charge in [0.1, 0.15) is 10.8 Å². The lowest BCUT2D eigenvalue weighted by Crippen LogP contribution is -2.32. The number of nitrogens with one attached hydrogen (secondary N) is 2. The number of benzene rings is 1. The van der Waals surface area contributed by atoms with Gasteiger partial charge >= 0.3 is 17.8 Å². The smallest absolute Gasteiger partial charge is 0.341 e. The fourth-order valence-electron chi connectivity index (χ4n) is 2.91. The average molecular weight is 401 g/mol. The molecule has 0 fully saturated rings. The van der Waals surface area contributed by atoms with Crippen LogP contribution >= 0.6 is 11.3 Å². The molecule has 1 heterocycles. The van der Waals surface area contributed by atoms with Crippen LogP contribution in [0.5, 0.6) is 5.75 Å². The number of methoxy groups -OCH3 is 1. The highest BCUT2D eigenvalue weighted by Crippen LogP contribution is 2.38. The first-order valence-electron chi connectivity index (χ1n) is 8.66. The molecule has 0 spiro atoms. The van der Waals surface area contributed by atoms with Crippen LogP contribution in [0.3, 0.4) is 0 Å². The quantitative estimate of drug-likeness (QED) is 0.314. The maximum atomic E-state index is 12.2. The number of aryl methyl sites for hydroxylation is 1. The third-order valence-corrected chi connectivity index (χ3v) is 5.47. The van der Waals surface area contributed by atoms with Crippen LogP contribution in [0.15, 0.2) is 29.4 Å². The molecule has 1 aromatic carbocycles. The van der Waals surface area contributed by atoms with Gasteiger partial charge < -0.3 is 15.2 Å². The van der Waals surface area contributed by atoms with E-state index in [9.17, 15) is 19.5 Å². The number of carbonyl (C=O) groups is 3. The van der Waals surface area contributed by atoms with Crippen molar-refractivity contribution in [3.63, 3.8) is 0 Å². The Morgan fingerprint density at radius 3 is 2.57 bits per heavy atom. The van der Waals surface area contributed by atoms with E-state index in [1.165, 1.54) is 36.8 Å². The highest BCUT2D eigenvalue weighted by molar-refractivity contribution is 7.17. The second-order valence-electron chi connectivity index (χ2n) is 6.15. The number of anilines is 1. The molecule has 1 aliphatic carbocycles. The van der Waals surface area contributed by atoms with Gasteiger partial charge in [0.25, 0.3) is 0 Å². The zero-order valence-electron chi connectivity index (χ0n) is 15.2. The van der Waals surface area contributed by atoms with Crippen LogP contribution < -0.4 is 10.7 Å². The highest BCUT2D eigenvalue weighted by Gasteiger charge is 2.28. The maximum Gasteiger partial charge on any atom is 0.341 e. The monoisotopic (exact) mass is 401 g/mol. The van der Waals surface area contributed by atoms with Gasteiger partial charge in [0.2, 0.25) is 0 Å². The summed E-state index contributed by atoms with van der Waals surface area (Å²) in [4.78, 5) is 37.4. The number of carbonyl (C=O) groups excluding carboxylic acids is 3. The summed E-state index contributed by atoms with van der Waals surface area (Å²) < 4.78 is 4.84. The standard InChI is InChI=1S/C19H19N3O5S/c1-27-19(26)15-13-4-2-3-5-14(13)28-18(15)21-16(24)17(25)22-20-10-11-6-8-12(23)9-7-11/h6-10,23H,2-5H2,1H3,(H,21,24)(H,22,25)/b20-10+. The molecular formula is C19H19N3O5S. The minimum absolute atomic E-state index is 0.112. The number of hydrogen-bond donors (Lipinski definition) is 3. The van der Waals surface area contributed by atoms with Crippen molar-refractivity contribution in [2.45, 2.75) is 25.7 Å². The Kier molecular flexibility index (Phi) is 6.05. The average Bonchev–Trinajstić information content (AvgIpc) is 3.06. The number of aromatic hydroxyl groups is 1. The second kappa shape index (κ2) is 8.66. The van der Waals surface area contributed by atoms with Crippen LogP contribution in [0, 0.1) is 0 Å². The topological polar surface area (TPSA) is 117 Å². The van der Waals surface area contributed by atoms with Crippen molar-refractivity contribution in [3.8, 4) is 5.75 Å². The van der Waals surface area contributed by atoms with Gasteiger partial charge in [0.05, 0.1) is 18.9 Å². The summed E-state index contributed by atoms with van der Waals surface area (Å²) in [5.74, 6) is -2.30. The fourth-order valence-corrected chi connectivity index (χ4v) is 4.18. The Balaban J connectivity index is 1.68. The van der Waals surface area contributed by atoms with Crippen LogP contribution in [-0.4, -0.2) is 36.2 Å². The summed E-state index contributed by atoms with van der Waals surface area (Å²) in [6, 6.07) is 6.15. The number of esters is 1. The zero-order chi connectivity index (χ0) is 20.1. The fraction of sp³-hybridized carbons (Fsp3) is 0.263. The van der Waals surface area contributed by atoms with E-state index in [4.69, 9.17) is 4.74 Å². The van der Waals surface area contributed by atoms with Gasteiger partial charge in [-0.3, -0.25) is 9.59 Å². The van der Waals surface area contributed by atoms with Crippen LogP contribution in [0.2, 0.25) is 0 Å². The third kappa shape index (κ3) is 4.37. The third-order valence-electron chi connectivity index (χ3n) is 4.27. The van der Waals surface area contributed by atoms with E-state index in [1.54, 1.807) is 12.1 Å². The van der Waals surface area contributed by atoms with E-state index in [2.05, 4.69) is 15.8 Å². The van der Waals surface area contributed by atoms with E-state index in [-0.39, 0.29) is 5.75 Å². The lowest BCUT2D eigenvalue weighted by Gasteiger charge is -2.11. The molecule has 2 aromatic rings. The molecule has 1 aromatic heterocycles. The van der Waals surface area contributed by atoms with Gasteiger partial charge in [0.15, 0.2) is 0 Å². The minimum Gasteiger partial charge on any atom is -0.508 e. The molecule has 3 N–H and O–H groups in total. The molecule has 0 radical (unpaired) electrons. The number of phenols is 1. The number of fused-ring (bicyclic) bond motifs is 1. The van der Waals surface area contributed by atoms with Crippen LogP contribution in [0.1, 0.15) is 39.2 Å². The summed E-state index contributed by atoms with van der Waals surface area (Å²) in [5.41, 5.74) is 3.99. The molecule has 146 valence electrons. The molecular weight excluding hydrogens is 382 g/mol. The Bertz CT molecular complexity index is 934. The van der Waals surface area contributed by atoms with Crippen molar-refractivity contribution in [2.75, 3.05) is 12.4 Å². The van der Waals surface area contributed by atoms with Gasteiger partial charge in [-0.1, -0.05) is 0 Å². The van der Waals surface area contributed by atoms with E-state index < -0.39 is 17.8 Å². The van der Waals surface area contributed by atoms with Crippen molar-refractivity contribution in [1.29, 1.82) is 0 Å². The highest BCUT2D eigenvalue weighted by atomic mass is 32.1. The number of hydrazone groups is 1. The second-order valence-corrected chi connectivity index (χ2v) is 7.26. The summed E-state index contributed by atoms with van der Waals surface area (Å²) in [6.45, 7) is 0. The number of amides is 2. The van der Waals surface area contributed by atoms with Crippen molar-refractivity contribution >= 4 is 40.3 Å². The van der Waals surface area contributed by atoms with E-state index in [0.29, 0.717) is 16.1 Å². The molecule has 0 saturated heterocycles. The minimum atomic E-state index is -0.961. The molecule has 0 aliphatic heterocycles. The maximum absolute atomic E-state index is 12.2. The molecule has 0 unspecified atom stereocenters. The predicted molar refractivity (Wildman–Crippen MR) is 105 cm³/mol. The summed E-state index contributed by atoms with van der Waals surface area (Å²) >= 11 is 1.30. The number of ether oxygens (including phenoxy) is 1. The number of hydrogen-bond acceptors (Lipinski definition) is 7. The first kappa shape index (κ1) is 19.6. The first-order chi connectivity index (χ1) is 13.5. The van der Waals surface area contributed by atoms with Gasteiger partial charge in [-0.15, -0.1) is 11.3 Å². The molecule has 0 saturated carbocycles. The molecule has 2 amide bonds. The van der Waals surface area contributed by atoms with Crippen molar-refractivity contribution in [3.05, 3.63) is 45.8 Å². The van der Waals surface area contributed by atoms with Crippen LogP contribution in [0.4, 0.5) is 5.00 Å². The van der Waals surface area contributed by atoms with Crippen LogP contribution in [0.25, 0.3) is 0 Å². The predicted octanol–water partition coefficient (Wildman–Crippen LogP) is 2.21. The van der Waals surface area contributed by atoms with E-state index in [0.717, 1.165) is 36.1 Å². The number of rotatable bonds is 4. The molecule has 9 heteroatoms. The molecule has 1 aliphatic rings. The Morgan fingerprint density at radius 2 is 1.86 bits per heavy atom. The van der Waals surface area contributed by atoms with Crippen LogP contribution in [-0.2, 0) is 27.2 Å². The van der Waals surface area contributed by atoms with Gasteiger partial charge in [-0.25, -0.2) is 10.2 Å². The van der Waals surface area contributed by atoms with Gasteiger partial charge in [-0.05, 0) is 61.1 Å². The molecule has 0 atom stereocenters. The zero-order valence-corrected chi connectivity index (χ0v) is 16.0.